The summed E-state index contributed by atoms with van der Waals surface area (Å²) in [7, 11) is -4.28. The van der Waals surface area contributed by atoms with E-state index in [1.54, 1.807) is 18.2 Å². The molecule has 0 saturated carbocycles. The van der Waals surface area contributed by atoms with Crippen LogP contribution in [0.4, 0.5) is 0 Å². The molecule has 0 bridgehead atoms. The van der Waals surface area contributed by atoms with Gasteiger partial charge in [-0.25, -0.2) is 0 Å². The Kier molecular flexibility index (Phi) is 9.65. The van der Waals surface area contributed by atoms with E-state index in [9.17, 15) is 18.1 Å². The fraction of sp³-hybridized carbons (Fsp3) is 0.333. The van der Waals surface area contributed by atoms with Gasteiger partial charge in [-0.3, -0.25) is 4.55 Å². The van der Waals surface area contributed by atoms with Crippen molar-refractivity contribution < 1.29 is 74.2 Å². The predicted molar refractivity (Wildman–Crippen MR) is 90.1 cm³/mol. The molecule has 0 atom stereocenters. The summed E-state index contributed by atoms with van der Waals surface area (Å²) in [6, 6.07) is 10.5. The fourth-order valence-corrected chi connectivity index (χ4v) is 2.94. The molecule has 0 amide bonds. The van der Waals surface area contributed by atoms with Gasteiger partial charge in [-0.2, -0.15) is 8.42 Å². The van der Waals surface area contributed by atoms with Crippen molar-refractivity contribution in [2.45, 2.75) is 43.9 Å². The van der Waals surface area contributed by atoms with E-state index >= 15 is 0 Å². The predicted octanol–water partition coefficient (Wildman–Crippen LogP) is 0.926. The van der Waals surface area contributed by atoms with Gasteiger partial charge in [-0.1, -0.05) is 50.1 Å². The molecule has 2 aromatic rings. The van der Waals surface area contributed by atoms with Crippen LogP contribution in [-0.2, 0) is 16.5 Å². The van der Waals surface area contributed by atoms with Gasteiger partial charge in [0.05, 0.1) is 4.90 Å². The molecule has 0 aliphatic carbocycles. The van der Waals surface area contributed by atoms with E-state index in [0.29, 0.717) is 17.7 Å². The third kappa shape index (κ3) is 7.01. The number of unbranched alkanes of at least 4 members (excludes halogenated alkanes) is 3. The summed E-state index contributed by atoms with van der Waals surface area (Å²) in [6.45, 7) is 2.11. The summed E-state index contributed by atoms with van der Waals surface area (Å²) in [5, 5.41) is 11.8. The Hall–Kier alpha value is -0.414. The second-order valence-electron chi connectivity index (χ2n) is 5.60. The van der Waals surface area contributed by atoms with Crippen LogP contribution in [0.5, 0.6) is 17.2 Å². The Bertz CT molecular complexity index is 790. The Morgan fingerprint density at radius 3 is 2.40 bits per heavy atom. The summed E-state index contributed by atoms with van der Waals surface area (Å²) in [5.41, 5.74) is 0.657. The van der Waals surface area contributed by atoms with Crippen molar-refractivity contribution in [2.24, 2.45) is 0 Å². The van der Waals surface area contributed by atoms with Crippen molar-refractivity contribution in [1.29, 1.82) is 0 Å². The molecular weight excluding hydrogens is 367 g/mol. The Morgan fingerprint density at radius 1 is 1.04 bits per heavy atom. The van der Waals surface area contributed by atoms with E-state index in [4.69, 9.17) is 4.74 Å². The number of ether oxygens (including phenoxy) is 1. The average molecular weight is 389 g/mol. The molecule has 7 heteroatoms. The fourth-order valence-electron chi connectivity index (χ4n) is 2.41. The Labute approximate surface area is 191 Å². The third-order valence-electron chi connectivity index (χ3n) is 3.70. The second-order valence-corrected chi connectivity index (χ2v) is 7.03. The van der Waals surface area contributed by atoms with E-state index < -0.39 is 10.1 Å². The summed E-state index contributed by atoms with van der Waals surface area (Å²) in [5.74, 6) is 0.377. The second kappa shape index (κ2) is 10.7. The number of hydrogen-bond acceptors (Lipinski definition) is 4. The van der Waals surface area contributed by atoms with Crippen LogP contribution in [0.25, 0.3) is 0 Å². The van der Waals surface area contributed by atoms with Crippen molar-refractivity contribution in [3.05, 3.63) is 48.0 Å². The van der Waals surface area contributed by atoms with E-state index in [-0.39, 0.29) is 67.8 Å². The van der Waals surface area contributed by atoms with Gasteiger partial charge < -0.3 is 9.84 Å². The molecule has 0 aromatic heterocycles. The van der Waals surface area contributed by atoms with Crippen LogP contribution in [0.2, 0.25) is 0 Å². The SMILES string of the molecule is CCCCCCc1cc(S(=O)(=O)O)ccc1Oc1ccccc1[O-].[K+]. The first-order valence-corrected chi connectivity index (χ1v) is 9.40. The van der Waals surface area contributed by atoms with Gasteiger partial charge in [-0.15, -0.1) is 0 Å². The molecule has 0 aliphatic heterocycles. The van der Waals surface area contributed by atoms with Gasteiger partial charge in [0.2, 0.25) is 0 Å². The minimum absolute atomic E-state index is 0. The van der Waals surface area contributed by atoms with Crippen molar-refractivity contribution in [3.8, 4) is 17.2 Å². The molecular formula is C18H21KO5S. The molecule has 130 valence electrons. The van der Waals surface area contributed by atoms with Crippen molar-refractivity contribution >= 4 is 10.1 Å². The van der Waals surface area contributed by atoms with Crippen molar-refractivity contribution in [2.75, 3.05) is 0 Å². The van der Waals surface area contributed by atoms with Crippen LogP contribution in [0.15, 0.2) is 47.4 Å². The van der Waals surface area contributed by atoms with Crippen LogP contribution < -0.4 is 61.2 Å². The quantitative estimate of drug-likeness (QED) is 0.413. The van der Waals surface area contributed by atoms with Crippen LogP contribution in [0.3, 0.4) is 0 Å². The first-order chi connectivity index (χ1) is 11.4. The molecule has 0 saturated heterocycles. The molecule has 0 fully saturated rings. The molecule has 25 heavy (non-hydrogen) atoms. The molecule has 0 spiro atoms. The maximum absolute atomic E-state index is 11.8. The summed E-state index contributed by atoms with van der Waals surface area (Å²) < 4.78 is 37.6. The third-order valence-corrected chi connectivity index (χ3v) is 4.55. The minimum atomic E-state index is -4.28. The van der Waals surface area contributed by atoms with Gasteiger partial charge in [0, 0.05) is 0 Å². The number of rotatable bonds is 8. The molecule has 2 aromatic carbocycles. The number of hydrogen-bond donors (Lipinski definition) is 1. The van der Waals surface area contributed by atoms with Crippen LogP contribution in [-0.4, -0.2) is 13.0 Å². The molecule has 0 radical (unpaired) electrons. The normalized spacial score (nSPS) is 11.0. The summed E-state index contributed by atoms with van der Waals surface area (Å²) in [4.78, 5) is -0.171. The largest absolute Gasteiger partial charge is 1.00 e. The molecule has 0 heterocycles. The zero-order chi connectivity index (χ0) is 17.6. The minimum Gasteiger partial charge on any atom is -0.870 e. The van der Waals surface area contributed by atoms with Gasteiger partial charge in [0.15, 0.2) is 0 Å². The maximum Gasteiger partial charge on any atom is 1.00 e. The summed E-state index contributed by atoms with van der Waals surface area (Å²) in [6.07, 6.45) is 4.69. The Balaban J connectivity index is 0.00000312. The van der Waals surface area contributed by atoms with Gasteiger partial charge in [-0.05, 0) is 42.7 Å². The molecule has 0 unspecified atom stereocenters. The monoisotopic (exact) mass is 388 g/mol. The van der Waals surface area contributed by atoms with E-state index in [0.717, 1.165) is 25.7 Å². The van der Waals surface area contributed by atoms with Gasteiger partial charge in [0.1, 0.15) is 11.5 Å². The molecule has 1 N–H and O–H groups in total. The first-order valence-electron chi connectivity index (χ1n) is 7.96. The van der Waals surface area contributed by atoms with E-state index in [2.05, 4.69) is 6.92 Å². The smallest absolute Gasteiger partial charge is 0.870 e. The molecule has 0 aliphatic rings. The van der Waals surface area contributed by atoms with Crippen LogP contribution in [0, 0.1) is 0 Å². The molecule has 2 rings (SSSR count). The average Bonchev–Trinajstić information content (AvgIpc) is 2.54. The topological polar surface area (TPSA) is 86.7 Å². The maximum atomic E-state index is 11.8. The van der Waals surface area contributed by atoms with Crippen LogP contribution >= 0.6 is 0 Å². The van der Waals surface area contributed by atoms with Gasteiger partial charge >= 0.3 is 51.4 Å². The molecule has 5 nitrogen and oxygen atoms in total. The number of aryl methyl sites for hydroxylation is 1. The first kappa shape index (κ1) is 22.6. The van der Waals surface area contributed by atoms with Crippen LogP contribution in [0.1, 0.15) is 38.2 Å². The number of benzene rings is 2. The zero-order valence-corrected chi connectivity index (χ0v) is 18.5. The Morgan fingerprint density at radius 2 is 1.76 bits per heavy atom. The van der Waals surface area contributed by atoms with Gasteiger partial charge in [0.25, 0.3) is 10.1 Å². The van der Waals surface area contributed by atoms with Crippen molar-refractivity contribution in [1.82, 2.24) is 0 Å². The standard InChI is InChI=1S/C18H22O5S.K/c1-2-3-4-5-8-14-13-15(24(20,21)22)11-12-17(14)23-18-10-7-6-9-16(18)19;/h6-7,9-13,19H,2-5,8H2,1H3,(H,20,21,22);/q;+1/p-1. The van der Waals surface area contributed by atoms with Crippen molar-refractivity contribution in [3.63, 3.8) is 0 Å². The van der Waals surface area contributed by atoms with E-state index in [1.165, 1.54) is 24.3 Å². The zero-order valence-electron chi connectivity index (χ0n) is 14.6. The van der Waals surface area contributed by atoms with E-state index in [1.807, 2.05) is 0 Å². The summed E-state index contributed by atoms with van der Waals surface area (Å²) >= 11 is 0. The number of para-hydroxylation sites is 2.